The molecule has 31 heavy (non-hydrogen) atoms. The summed E-state index contributed by atoms with van der Waals surface area (Å²) in [5.41, 5.74) is 2.15. The lowest BCUT2D eigenvalue weighted by molar-refractivity contribution is -0.421. The van der Waals surface area contributed by atoms with Crippen LogP contribution in [0.25, 0.3) is 21.5 Å². The van der Waals surface area contributed by atoms with E-state index < -0.39 is 5.79 Å². The molecule has 2 fully saturated rings. The fourth-order valence-corrected chi connectivity index (χ4v) is 5.93. The monoisotopic (exact) mass is 410 g/mol. The van der Waals surface area contributed by atoms with E-state index in [0.29, 0.717) is 6.61 Å². The van der Waals surface area contributed by atoms with E-state index in [2.05, 4.69) is 73.7 Å². The summed E-state index contributed by atoms with van der Waals surface area (Å²) in [6.07, 6.45) is 2.11. The van der Waals surface area contributed by atoms with Crippen molar-refractivity contribution in [1.82, 2.24) is 0 Å². The maximum absolute atomic E-state index is 6.64. The molecular weight excluding hydrogens is 384 g/mol. The molecule has 0 saturated carbocycles. The Kier molecular flexibility index (Phi) is 4.14. The Morgan fingerprint density at radius 1 is 0.871 bits per heavy atom. The molecule has 0 spiro atoms. The van der Waals surface area contributed by atoms with Gasteiger partial charge in [0.05, 0.1) is 25.2 Å². The Morgan fingerprint density at radius 2 is 1.58 bits per heavy atom. The maximum Gasteiger partial charge on any atom is 0.208 e. The number of hydrogen-bond donors (Lipinski definition) is 0. The Labute approximate surface area is 182 Å². The second kappa shape index (κ2) is 6.81. The molecule has 0 bridgehead atoms. The fraction of sp³-hybridized carbons (Fsp3) is 0.286. The zero-order chi connectivity index (χ0) is 21.1. The van der Waals surface area contributed by atoms with E-state index in [9.17, 15) is 0 Å². The van der Waals surface area contributed by atoms with Gasteiger partial charge in [0.2, 0.25) is 5.79 Å². The summed E-state index contributed by atoms with van der Waals surface area (Å²) in [5.74, 6) is 0.0784. The molecule has 0 radical (unpaired) electrons. The lowest BCUT2D eigenvalue weighted by Crippen LogP contribution is -2.71. The van der Waals surface area contributed by atoms with Gasteiger partial charge in [0, 0.05) is 5.56 Å². The van der Waals surface area contributed by atoms with Crippen molar-refractivity contribution < 1.29 is 14.2 Å². The summed E-state index contributed by atoms with van der Waals surface area (Å²) in [5, 5.41) is 4.92. The van der Waals surface area contributed by atoms with E-state index >= 15 is 0 Å². The lowest BCUT2D eigenvalue weighted by atomic mass is 9.58. The third-order valence-electron chi connectivity index (χ3n) is 7.37. The summed E-state index contributed by atoms with van der Waals surface area (Å²) >= 11 is 0. The van der Waals surface area contributed by atoms with Crippen molar-refractivity contribution in [2.75, 3.05) is 13.7 Å². The molecule has 0 aromatic heterocycles. The molecule has 4 aromatic rings. The van der Waals surface area contributed by atoms with E-state index in [1.54, 1.807) is 7.11 Å². The van der Waals surface area contributed by atoms with Crippen LogP contribution in [0.5, 0.6) is 5.75 Å². The zero-order valence-electron chi connectivity index (χ0n) is 17.9. The van der Waals surface area contributed by atoms with E-state index in [1.807, 2.05) is 12.1 Å². The van der Waals surface area contributed by atoms with Gasteiger partial charge < -0.3 is 14.2 Å². The van der Waals surface area contributed by atoms with E-state index in [-0.39, 0.29) is 11.5 Å². The van der Waals surface area contributed by atoms with Crippen LogP contribution in [0.2, 0.25) is 0 Å². The summed E-state index contributed by atoms with van der Waals surface area (Å²) in [7, 11) is 1.71. The molecule has 3 heteroatoms. The normalized spacial score (nSPS) is 27.6. The Bertz CT molecular complexity index is 1270. The minimum atomic E-state index is -0.789. The second-order valence-electron chi connectivity index (χ2n) is 8.72. The van der Waals surface area contributed by atoms with Crippen LogP contribution in [0, 0.1) is 0 Å². The van der Waals surface area contributed by atoms with E-state index in [4.69, 9.17) is 14.2 Å². The molecule has 2 heterocycles. The van der Waals surface area contributed by atoms with E-state index in [0.717, 1.165) is 24.2 Å². The first kappa shape index (κ1) is 18.9. The van der Waals surface area contributed by atoms with Crippen LogP contribution in [0.15, 0.2) is 78.9 Å². The molecule has 2 aliphatic rings. The molecule has 3 nitrogen and oxygen atoms in total. The highest BCUT2D eigenvalue weighted by atomic mass is 16.7. The first-order valence-electron chi connectivity index (χ1n) is 11.1. The van der Waals surface area contributed by atoms with Crippen molar-refractivity contribution in [1.29, 1.82) is 0 Å². The van der Waals surface area contributed by atoms with Crippen molar-refractivity contribution in [2.24, 2.45) is 0 Å². The van der Waals surface area contributed by atoms with Gasteiger partial charge >= 0.3 is 0 Å². The van der Waals surface area contributed by atoms with Gasteiger partial charge in [-0.1, -0.05) is 60.7 Å². The molecule has 2 saturated heterocycles. The zero-order valence-corrected chi connectivity index (χ0v) is 17.9. The summed E-state index contributed by atoms with van der Waals surface area (Å²) in [4.78, 5) is 0. The van der Waals surface area contributed by atoms with Crippen LogP contribution < -0.4 is 4.74 Å². The van der Waals surface area contributed by atoms with E-state index in [1.165, 1.54) is 27.1 Å². The molecule has 156 valence electrons. The van der Waals surface area contributed by atoms with Crippen LogP contribution in [0.1, 0.15) is 30.9 Å². The maximum atomic E-state index is 6.64. The molecule has 0 aliphatic carbocycles. The SMILES string of the molecule is COc1ccc([C@@]23CCCO[C@]2(c2cc4ccccc4c4ccccc24)O[C@@H]3C)cc1. The quantitative estimate of drug-likeness (QED) is 0.370. The van der Waals surface area contributed by atoms with Crippen molar-refractivity contribution in [3.8, 4) is 5.75 Å². The average Bonchev–Trinajstić information content (AvgIpc) is 2.83. The van der Waals surface area contributed by atoms with Gasteiger partial charge in [-0.15, -0.1) is 0 Å². The number of ether oxygens (including phenoxy) is 3. The summed E-state index contributed by atoms with van der Waals surface area (Å²) in [6.45, 7) is 2.88. The highest BCUT2D eigenvalue weighted by Gasteiger charge is 2.69. The number of methoxy groups -OCH3 is 1. The van der Waals surface area contributed by atoms with Crippen LogP contribution in [0.3, 0.4) is 0 Å². The molecule has 2 aliphatic heterocycles. The molecule has 0 unspecified atom stereocenters. The Hall–Kier alpha value is -2.88. The Morgan fingerprint density at radius 3 is 2.32 bits per heavy atom. The summed E-state index contributed by atoms with van der Waals surface area (Å²) < 4.78 is 18.7. The third-order valence-corrected chi connectivity index (χ3v) is 7.37. The summed E-state index contributed by atoms with van der Waals surface area (Å²) in [6, 6.07) is 28.0. The van der Waals surface area contributed by atoms with Gasteiger partial charge in [-0.2, -0.15) is 0 Å². The van der Waals surface area contributed by atoms with Crippen LogP contribution in [-0.2, 0) is 20.7 Å². The number of hydrogen-bond acceptors (Lipinski definition) is 3. The first-order chi connectivity index (χ1) is 15.2. The second-order valence-corrected chi connectivity index (χ2v) is 8.72. The lowest BCUT2D eigenvalue weighted by Gasteiger charge is -2.65. The predicted molar refractivity (Wildman–Crippen MR) is 124 cm³/mol. The van der Waals surface area contributed by atoms with Crippen molar-refractivity contribution in [3.05, 3.63) is 90.0 Å². The molecule has 6 rings (SSSR count). The molecule has 0 N–H and O–H groups in total. The molecule has 3 atom stereocenters. The van der Waals surface area contributed by atoms with Crippen LogP contribution in [-0.4, -0.2) is 19.8 Å². The van der Waals surface area contributed by atoms with Crippen molar-refractivity contribution >= 4 is 21.5 Å². The van der Waals surface area contributed by atoms with Crippen molar-refractivity contribution in [3.63, 3.8) is 0 Å². The van der Waals surface area contributed by atoms with Crippen molar-refractivity contribution in [2.45, 2.75) is 37.1 Å². The minimum Gasteiger partial charge on any atom is -0.497 e. The Balaban J connectivity index is 1.64. The van der Waals surface area contributed by atoms with Gasteiger partial charge in [-0.05, 0) is 65.1 Å². The van der Waals surface area contributed by atoms with Gasteiger partial charge in [-0.3, -0.25) is 0 Å². The predicted octanol–water partition coefficient (Wildman–Crippen LogP) is 6.32. The average molecular weight is 411 g/mol. The van der Waals surface area contributed by atoms with Gasteiger partial charge in [0.25, 0.3) is 0 Å². The molecule has 0 amide bonds. The largest absolute Gasteiger partial charge is 0.497 e. The van der Waals surface area contributed by atoms with Crippen LogP contribution >= 0.6 is 0 Å². The third kappa shape index (κ3) is 2.42. The highest BCUT2D eigenvalue weighted by molar-refractivity contribution is 6.09. The smallest absolute Gasteiger partial charge is 0.208 e. The highest BCUT2D eigenvalue weighted by Crippen LogP contribution is 2.63. The van der Waals surface area contributed by atoms with Gasteiger partial charge in [0.15, 0.2) is 0 Å². The number of benzene rings is 4. The standard InChI is InChI=1S/C28H26O3/c1-19-27(21-12-14-22(29-2)15-13-21)16-7-17-30-28(27,31-19)26-18-20-8-3-4-9-23(20)24-10-5-6-11-25(24)26/h3-6,8-15,18-19H,7,16-17H2,1-2H3/t19-,27+,28-/m1/s1. The van der Waals surface area contributed by atoms with Gasteiger partial charge in [-0.25, -0.2) is 0 Å². The number of fused-ring (bicyclic) bond motifs is 4. The number of rotatable bonds is 3. The first-order valence-corrected chi connectivity index (χ1v) is 11.1. The topological polar surface area (TPSA) is 27.7 Å². The van der Waals surface area contributed by atoms with Gasteiger partial charge in [0.1, 0.15) is 5.75 Å². The molecular formula is C28H26O3. The molecule has 4 aromatic carbocycles. The fourth-order valence-electron chi connectivity index (χ4n) is 5.93. The van der Waals surface area contributed by atoms with Crippen LogP contribution in [0.4, 0.5) is 0 Å². The minimum absolute atomic E-state index is 0.0615.